The highest BCUT2D eigenvalue weighted by atomic mass is 16.1. The maximum atomic E-state index is 12.2. The number of para-hydroxylation sites is 1. The maximum Gasteiger partial charge on any atom is 0.250 e. The van der Waals surface area contributed by atoms with Gasteiger partial charge in [0.15, 0.2) is 0 Å². The van der Waals surface area contributed by atoms with E-state index in [4.69, 9.17) is 0 Å². The van der Waals surface area contributed by atoms with Crippen LogP contribution in [0.4, 0.5) is 5.69 Å². The number of benzene rings is 1. The Balaban J connectivity index is 1.46. The van der Waals surface area contributed by atoms with Crippen LogP contribution in [0.15, 0.2) is 67.4 Å². The topological polar surface area (TPSA) is 77.6 Å². The van der Waals surface area contributed by atoms with Crippen LogP contribution >= 0.6 is 0 Å². The van der Waals surface area contributed by atoms with Crippen molar-refractivity contribution in [3.05, 3.63) is 67.4 Å². The lowest BCUT2D eigenvalue weighted by Gasteiger charge is -2.07. The van der Waals surface area contributed by atoms with E-state index in [1.54, 1.807) is 35.5 Å². The molecule has 0 fully saturated rings. The van der Waals surface area contributed by atoms with Gasteiger partial charge in [0.2, 0.25) is 5.91 Å². The lowest BCUT2D eigenvalue weighted by atomic mass is 10.2. The van der Waals surface area contributed by atoms with Crippen LogP contribution in [0.25, 0.3) is 16.9 Å². The van der Waals surface area contributed by atoms with Gasteiger partial charge in [-0.05, 0) is 23.6 Å². The average molecular weight is 318 g/mol. The van der Waals surface area contributed by atoms with Crippen molar-refractivity contribution in [3.8, 4) is 5.95 Å². The molecule has 1 aromatic carbocycles. The van der Waals surface area contributed by atoms with Crippen LogP contribution in [0.1, 0.15) is 0 Å². The van der Waals surface area contributed by atoms with E-state index < -0.39 is 0 Å². The van der Waals surface area contributed by atoms with E-state index in [2.05, 4.69) is 20.4 Å². The minimum atomic E-state index is -0.133. The van der Waals surface area contributed by atoms with Crippen molar-refractivity contribution in [1.82, 2.24) is 24.3 Å². The van der Waals surface area contributed by atoms with E-state index in [0.29, 0.717) is 11.6 Å². The fraction of sp³-hybridized carbons (Fsp3) is 0.0588. The molecule has 0 spiro atoms. The van der Waals surface area contributed by atoms with E-state index >= 15 is 0 Å². The monoisotopic (exact) mass is 318 g/mol. The Morgan fingerprint density at radius 1 is 1.04 bits per heavy atom. The van der Waals surface area contributed by atoms with Crippen molar-refractivity contribution in [1.29, 1.82) is 0 Å². The number of hydrogen-bond acceptors (Lipinski definition) is 4. The van der Waals surface area contributed by atoms with Gasteiger partial charge in [-0.1, -0.05) is 18.2 Å². The zero-order valence-electron chi connectivity index (χ0n) is 12.7. The van der Waals surface area contributed by atoms with E-state index in [1.165, 1.54) is 0 Å². The SMILES string of the molecule is O=C(Cn1ccc2ccccc21)Nc1cnc(-n2cccn2)nc1. The first kappa shape index (κ1) is 14.1. The second kappa shape index (κ2) is 5.96. The summed E-state index contributed by atoms with van der Waals surface area (Å²) in [5.41, 5.74) is 1.57. The summed E-state index contributed by atoms with van der Waals surface area (Å²) in [5, 5.41) is 7.97. The lowest BCUT2D eigenvalue weighted by molar-refractivity contribution is -0.116. The second-order valence-electron chi connectivity index (χ2n) is 5.27. The Hall–Kier alpha value is -3.48. The molecule has 0 aliphatic rings. The number of anilines is 1. The molecule has 0 aliphatic heterocycles. The summed E-state index contributed by atoms with van der Waals surface area (Å²) < 4.78 is 3.46. The van der Waals surface area contributed by atoms with Gasteiger partial charge in [-0.25, -0.2) is 14.6 Å². The lowest BCUT2D eigenvalue weighted by Crippen LogP contribution is -2.18. The molecule has 0 atom stereocenters. The Morgan fingerprint density at radius 3 is 2.67 bits per heavy atom. The molecule has 118 valence electrons. The Kier molecular flexibility index (Phi) is 3.51. The predicted molar refractivity (Wildman–Crippen MR) is 89.7 cm³/mol. The van der Waals surface area contributed by atoms with Gasteiger partial charge in [-0.15, -0.1) is 0 Å². The molecule has 0 saturated carbocycles. The molecule has 1 amide bonds. The largest absolute Gasteiger partial charge is 0.338 e. The zero-order valence-corrected chi connectivity index (χ0v) is 12.7. The first-order chi connectivity index (χ1) is 11.8. The third-order valence-corrected chi connectivity index (χ3v) is 3.63. The fourth-order valence-corrected chi connectivity index (χ4v) is 2.52. The van der Waals surface area contributed by atoms with Crippen LogP contribution in [0, 0.1) is 0 Å². The first-order valence-electron chi connectivity index (χ1n) is 7.45. The minimum absolute atomic E-state index is 0.133. The molecule has 3 aromatic heterocycles. The molecule has 0 bridgehead atoms. The quantitative estimate of drug-likeness (QED) is 0.626. The third-order valence-electron chi connectivity index (χ3n) is 3.63. The van der Waals surface area contributed by atoms with Crippen LogP contribution in [0.5, 0.6) is 0 Å². The smallest absolute Gasteiger partial charge is 0.250 e. The number of rotatable bonds is 4. The van der Waals surface area contributed by atoms with Crippen LogP contribution in [-0.4, -0.2) is 30.2 Å². The Labute approximate surface area is 137 Å². The van der Waals surface area contributed by atoms with E-state index in [-0.39, 0.29) is 12.5 Å². The number of nitrogens with one attached hydrogen (secondary N) is 1. The highest BCUT2D eigenvalue weighted by Crippen LogP contribution is 2.15. The van der Waals surface area contributed by atoms with Gasteiger partial charge < -0.3 is 9.88 Å². The molecule has 7 nitrogen and oxygen atoms in total. The number of carbonyl (C=O) groups is 1. The van der Waals surface area contributed by atoms with Crippen LogP contribution in [-0.2, 0) is 11.3 Å². The molecule has 3 heterocycles. The number of amides is 1. The fourth-order valence-electron chi connectivity index (χ4n) is 2.52. The predicted octanol–water partition coefficient (Wildman–Crippen LogP) is 2.26. The van der Waals surface area contributed by atoms with Crippen molar-refractivity contribution in [2.45, 2.75) is 6.54 Å². The van der Waals surface area contributed by atoms with E-state index in [1.807, 2.05) is 41.1 Å². The van der Waals surface area contributed by atoms with Gasteiger partial charge in [0.05, 0.1) is 18.1 Å². The van der Waals surface area contributed by atoms with Gasteiger partial charge in [0.25, 0.3) is 5.95 Å². The number of aromatic nitrogens is 5. The van der Waals surface area contributed by atoms with Crippen LogP contribution in [0.2, 0.25) is 0 Å². The molecule has 7 heteroatoms. The first-order valence-corrected chi connectivity index (χ1v) is 7.45. The number of hydrogen-bond donors (Lipinski definition) is 1. The summed E-state index contributed by atoms with van der Waals surface area (Å²) in [5.74, 6) is 0.321. The summed E-state index contributed by atoms with van der Waals surface area (Å²) in [4.78, 5) is 20.6. The summed E-state index contributed by atoms with van der Waals surface area (Å²) in [7, 11) is 0. The Bertz CT molecular complexity index is 972. The van der Waals surface area contributed by atoms with Crippen molar-refractivity contribution < 1.29 is 4.79 Å². The van der Waals surface area contributed by atoms with Gasteiger partial charge >= 0.3 is 0 Å². The van der Waals surface area contributed by atoms with Gasteiger partial charge in [-0.3, -0.25) is 4.79 Å². The molecule has 4 rings (SSSR count). The summed E-state index contributed by atoms with van der Waals surface area (Å²) >= 11 is 0. The highest BCUT2D eigenvalue weighted by Gasteiger charge is 2.07. The van der Waals surface area contributed by atoms with Gasteiger partial charge in [-0.2, -0.15) is 5.10 Å². The number of nitrogens with zero attached hydrogens (tertiary/aromatic N) is 5. The Morgan fingerprint density at radius 2 is 1.88 bits per heavy atom. The van der Waals surface area contributed by atoms with Gasteiger partial charge in [0.1, 0.15) is 6.54 Å². The summed E-state index contributed by atoms with van der Waals surface area (Å²) in [6, 6.07) is 11.7. The van der Waals surface area contributed by atoms with E-state index in [0.717, 1.165) is 10.9 Å². The molecule has 4 aromatic rings. The van der Waals surface area contributed by atoms with Crippen molar-refractivity contribution in [3.63, 3.8) is 0 Å². The van der Waals surface area contributed by atoms with Gasteiger partial charge in [0, 0.05) is 24.1 Å². The summed E-state index contributed by atoms with van der Waals surface area (Å²) in [6.07, 6.45) is 8.44. The van der Waals surface area contributed by atoms with Crippen molar-refractivity contribution in [2.75, 3.05) is 5.32 Å². The normalized spacial score (nSPS) is 10.8. The molecule has 1 N–H and O–H groups in total. The maximum absolute atomic E-state index is 12.2. The molecule has 0 aliphatic carbocycles. The van der Waals surface area contributed by atoms with Crippen LogP contribution in [0.3, 0.4) is 0 Å². The molecular formula is C17H14N6O. The molecule has 24 heavy (non-hydrogen) atoms. The molecule has 0 saturated heterocycles. The van der Waals surface area contributed by atoms with Crippen molar-refractivity contribution in [2.24, 2.45) is 0 Å². The summed E-state index contributed by atoms with van der Waals surface area (Å²) in [6.45, 7) is 0.231. The van der Waals surface area contributed by atoms with Crippen molar-refractivity contribution >= 4 is 22.5 Å². The number of carbonyl (C=O) groups excluding carboxylic acids is 1. The molecule has 0 unspecified atom stereocenters. The zero-order chi connectivity index (χ0) is 16.4. The highest BCUT2D eigenvalue weighted by molar-refractivity contribution is 5.91. The molecule has 0 radical (unpaired) electrons. The minimum Gasteiger partial charge on any atom is -0.338 e. The standard InChI is InChI=1S/C17H14N6O/c24-16(12-22-9-6-13-4-1-2-5-15(13)22)21-14-10-18-17(19-11-14)23-8-3-7-20-23/h1-11H,12H2,(H,21,24). The average Bonchev–Trinajstić information content (AvgIpc) is 3.26. The second-order valence-corrected chi connectivity index (χ2v) is 5.27. The van der Waals surface area contributed by atoms with Crippen LogP contribution < -0.4 is 5.32 Å². The molecular weight excluding hydrogens is 304 g/mol. The number of fused-ring (bicyclic) bond motifs is 1. The van der Waals surface area contributed by atoms with E-state index in [9.17, 15) is 4.79 Å². The third kappa shape index (κ3) is 2.74.